The minimum absolute atomic E-state index is 0.120. The number of hydrogen-bond acceptors (Lipinski definition) is 7. The predicted molar refractivity (Wildman–Crippen MR) is 91.9 cm³/mol. The second-order valence-electron chi connectivity index (χ2n) is 4.03. The molecule has 1 aromatic heterocycles. The average Bonchev–Trinajstić information content (AvgIpc) is 2.51. The number of nitrogen functional groups attached to an aromatic ring is 1. The minimum Gasteiger partial charge on any atom is -0.467 e. The zero-order chi connectivity index (χ0) is 15.4. The van der Waals surface area contributed by atoms with Crippen LogP contribution in [-0.2, 0) is 0 Å². The molecule has 0 saturated heterocycles. The van der Waals surface area contributed by atoms with Crippen LogP contribution in [0.1, 0.15) is 16.6 Å². The lowest BCUT2D eigenvalue weighted by Crippen LogP contribution is -2.09. The van der Waals surface area contributed by atoms with Crippen molar-refractivity contribution >= 4 is 40.0 Å². The maximum Gasteiger partial charge on any atom is 0.322 e. The van der Waals surface area contributed by atoms with E-state index in [1.165, 1.54) is 14.2 Å². The number of ether oxygens (including phenoxy) is 2. The molecule has 2 N–H and O–H groups in total. The van der Waals surface area contributed by atoms with E-state index in [9.17, 15) is 0 Å². The standard InChI is InChI=1S/C13H15IN4O2S/c1-19-12-16-11(17-13(18-12)20-2)10(21-3)7-5-4-6-8(14)9(7)15/h4-6,10H,15H2,1-3H3. The van der Waals surface area contributed by atoms with Crippen molar-refractivity contribution < 1.29 is 9.47 Å². The molecular formula is C13H15IN4O2S. The fourth-order valence-electron chi connectivity index (χ4n) is 1.81. The smallest absolute Gasteiger partial charge is 0.322 e. The van der Waals surface area contributed by atoms with Gasteiger partial charge in [0.1, 0.15) is 0 Å². The van der Waals surface area contributed by atoms with E-state index >= 15 is 0 Å². The quantitative estimate of drug-likeness (QED) is 0.590. The van der Waals surface area contributed by atoms with Gasteiger partial charge in [-0.05, 0) is 40.5 Å². The van der Waals surface area contributed by atoms with Crippen molar-refractivity contribution in [1.82, 2.24) is 15.0 Å². The highest BCUT2D eigenvalue weighted by Gasteiger charge is 2.22. The third kappa shape index (κ3) is 3.49. The topological polar surface area (TPSA) is 83.2 Å². The first-order valence-corrected chi connectivity index (χ1v) is 8.38. The summed E-state index contributed by atoms with van der Waals surface area (Å²) < 4.78 is 11.2. The van der Waals surface area contributed by atoms with Crippen molar-refractivity contribution in [3.63, 3.8) is 0 Å². The van der Waals surface area contributed by atoms with Gasteiger partial charge in [0.2, 0.25) is 0 Å². The van der Waals surface area contributed by atoms with Gasteiger partial charge in [0.15, 0.2) is 5.82 Å². The highest BCUT2D eigenvalue weighted by molar-refractivity contribution is 14.1. The predicted octanol–water partition coefficient (Wildman–Crippen LogP) is 2.53. The Bertz CT molecular complexity index is 619. The zero-order valence-electron chi connectivity index (χ0n) is 11.8. The summed E-state index contributed by atoms with van der Waals surface area (Å²) in [6, 6.07) is 6.35. The summed E-state index contributed by atoms with van der Waals surface area (Å²) in [5.41, 5.74) is 7.88. The Balaban J connectivity index is 2.53. The highest BCUT2D eigenvalue weighted by Crippen LogP contribution is 2.37. The average molecular weight is 418 g/mol. The van der Waals surface area contributed by atoms with E-state index in [0.717, 1.165) is 14.8 Å². The van der Waals surface area contributed by atoms with Crippen molar-refractivity contribution in [2.24, 2.45) is 0 Å². The van der Waals surface area contributed by atoms with Crippen molar-refractivity contribution in [2.45, 2.75) is 5.25 Å². The molecule has 2 aromatic rings. The van der Waals surface area contributed by atoms with Crippen LogP contribution in [0.4, 0.5) is 5.69 Å². The molecule has 0 bridgehead atoms. The number of para-hydroxylation sites is 1. The van der Waals surface area contributed by atoms with E-state index in [4.69, 9.17) is 15.2 Å². The third-order valence-corrected chi connectivity index (χ3v) is 4.69. The van der Waals surface area contributed by atoms with Crippen LogP contribution in [0.15, 0.2) is 18.2 Å². The Hall–Kier alpha value is -1.29. The molecule has 0 amide bonds. The first-order chi connectivity index (χ1) is 10.1. The number of halogens is 1. The van der Waals surface area contributed by atoms with Gasteiger partial charge in [0, 0.05) is 9.26 Å². The van der Waals surface area contributed by atoms with Gasteiger partial charge in [0.05, 0.1) is 19.5 Å². The molecule has 0 aliphatic heterocycles. The van der Waals surface area contributed by atoms with E-state index in [-0.39, 0.29) is 17.3 Å². The maximum atomic E-state index is 6.18. The summed E-state index contributed by atoms with van der Waals surface area (Å²) in [7, 11) is 3.01. The molecule has 0 spiro atoms. The number of nitrogens with zero attached hydrogens (tertiary/aromatic N) is 3. The Morgan fingerprint density at radius 2 is 1.76 bits per heavy atom. The molecule has 8 heteroatoms. The first-order valence-electron chi connectivity index (χ1n) is 6.01. The Labute approximate surface area is 141 Å². The van der Waals surface area contributed by atoms with Crippen molar-refractivity contribution in [1.29, 1.82) is 0 Å². The number of hydrogen-bond donors (Lipinski definition) is 1. The number of aromatic nitrogens is 3. The number of nitrogens with two attached hydrogens (primary N) is 1. The van der Waals surface area contributed by atoms with Crippen LogP contribution < -0.4 is 15.2 Å². The first kappa shape index (κ1) is 16.1. The lowest BCUT2D eigenvalue weighted by Gasteiger charge is -2.17. The van der Waals surface area contributed by atoms with E-state index in [1.54, 1.807) is 11.8 Å². The highest BCUT2D eigenvalue weighted by atomic mass is 127. The van der Waals surface area contributed by atoms with E-state index in [2.05, 4.69) is 37.5 Å². The summed E-state index contributed by atoms with van der Waals surface area (Å²) in [5, 5.41) is -0.120. The second-order valence-corrected chi connectivity index (χ2v) is 6.13. The van der Waals surface area contributed by atoms with Gasteiger partial charge >= 0.3 is 12.0 Å². The van der Waals surface area contributed by atoms with Crippen LogP contribution in [0.25, 0.3) is 0 Å². The number of thioether (sulfide) groups is 1. The van der Waals surface area contributed by atoms with E-state index in [1.807, 2.05) is 24.5 Å². The van der Waals surface area contributed by atoms with Gasteiger partial charge in [-0.1, -0.05) is 12.1 Å². The molecule has 1 heterocycles. The molecular weight excluding hydrogens is 403 g/mol. The van der Waals surface area contributed by atoms with Crippen LogP contribution in [0.3, 0.4) is 0 Å². The summed E-state index contributed by atoms with van der Waals surface area (Å²) in [4.78, 5) is 12.6. The van der Waals surface area contributed by atoms with E-state index in [0.29, 0.717) is 5.82 Å². The molecule has 2 rings (SSSR count). The minimum atomic E-state index is -0.120. The van der Waals surface area contributed by atoms with Crippen LogP contribution in [0.2, 0.25) is 0 Å². The maximum absolute atomic E-state index is 6.18. The Kier molecular flexibility index (Phi) is 5.45. The van der Waals surface area contributed by atoms with Gasteiger partial charge in [-0.15, -0.1) is 16.7 Å². The monoisotopic (exact) mass is 418 g/mol. The summed E-state index contributed by atoms with van der Waals surface area (Å²) in [6.07, 6.45) is 1.98. The molecule has 1 aromatic carbocycles. The number of anilines is 1. The molecule has 1 unspecified atom stereocenters. The molecule has 21 heavy (non-hydrogen) atoms. The van der Waals surface area contributed by atoms with Crippen LogP contribution in [-0.4, -0.2) is 35.4 Å². The summed E-state index contributed by atoms with van der Waals surface area (Å²) in [6.45, 7) is 0. The second kappa shape index (κ2) is 7.12. The lowest BCUT2D eigenvalue weighted by atomic mass is 10.1. The van der Waals surface area contributed by atoms with Crippen molar-refractivity contribution in [3.8, 4) is 12.0 Å². The summed E-state index contributed by atoms with van der Waals surface area (Å²) in [5.74, 6) is 0.555. The normalized spacial score (nSPS) is 12.0. The molecule has 0 aliphatic carbocycles. The van der Waals surface area contributed by atoms with Gasteiger partial charge < -0.3 is 15.2 Å². The van der Waals surface area contributed by atoms with Crippen LogP contribution in [0.5, 0.6) is 12.0 Å². The molecule has 6 nitrogen and oxygen atoms in total. The van der Waals surface area contributed by atoms with E-state index < -0.39 is 0 Å². The fraction of sp³-hybridized carbons (Fsp3) is 0.308. The molecule has 112 valence electrons. The molecule has 0 radical (unpaired) electrons. The molecule has 0 fully saturated rings. The van der Waals surface area contributed by atoms with Crippen molar-refractivity contribution in [2.75, 3.05) is 26.2 Å². The van der Waals surface area contributed by atoms with Crippen LogP contribution >= 0.6 is 34.4 Å². The Morgan fingerprint density at radius 1 is 1.14 bits per heavy atom. The molecule has 0 saturated carbocycles. The number of benzene rings is 1. The summed E-state index contributed by atoms with van der Waals surface area (Å²) >= 11 is 3.80. The number of methoxy groups -OCH3 is 2. The number of rotatable bonds is 5. The fourth-order valence-corrected chi connectivity index (χ4v) is 3.10. The van der Waals surface area contributed by atoms with Crippen molar-refractivity contribution in [3.05, 3.63) is 33.2 Å². The third-order valence-electron chi connectivity index (χ3n) is 2.82. The molecule has 0 aliphatic rings. The Morgan fingerprint density at radius 3 is 2.29 bits per heavy atom. The van der Waals surface area contributed by atoms with Gasteiger partial charge in [-0.2, -0.15) is 9.97 Å². The van der Waals surface area contributed by atoms with Gasteiger partial charge in [0.25, 0.3) is 0 Å². The molecule has 1 atom stereocenters. The van der Waals surface area contributed by atoms with Crippen LogP contribution in [0, 0.1) is 3.57 Å². The van der Waals surface area contributed by atoms with Gasteiger partial charge in [-0.3, -0.25) is 0 Å². The lowest BCUT2D eigenvalue weighted by molar-refractivity contribution is 0.336. The zero-order valence-corrected chi connectivity index (χ0v) is 14.8. The van der Waals surface area contributed by atoms with Gasteiger partial charge in [-0.25, -0.2) is 0 Å². The SMILES string of the molecule is COc1nc(OC)nc(C(SC)c2cccc(I)c2N)n1. The largest absolute Gasteiger partial charge is 0.467 e.